The quantitative estimate of drug-likeness (QED) is 0.180. The van der Waals surface area contributed by atoms with E-state index in [4.69, 9.17) is 23.9 Å². The monoisotopic (exact) mass is 717 g/mol. The fraction of sp³-hybridized carbons (Fsp3) is 0.245. The molecule has 5 aromatic carbocycles. The van der Waals surface area contributed by atoms with Gasteiger partial charge in [0.25, 0.3) is 5.82 Å². The molecule has 2 aromatic heterocycles. The van der Waals surface area contributed by atoms with Crippen molar-refractivity contribution in [3.8, 4) is 56.3 Å². The van der Waals surface area contributed by atoms with Crippen LogP contribution >= 0.6 is 0 Å². The smallest absolute Gasteiger partial charge is 0.270 e. The zero-order chi connectivity index (χ0) is 46.1. The second-order valence-corrected chi connectivity index (χ2v) is 15.8. The summed E-state index contributed by atoms with van der Waals surface area (Å²) in [6.07, 6.45) is 0. The van der Waals surface area contributed by atoms with Gasteiger partial charge in [0.1, 0.15) is 11.6 Å². The van der Waals surface area contributed by atoms with E-state index in [0.29, 0.717) is 28.0 Å². The highest BCUT2D eigenvalue weighted by Gasteiger charge is 2.29. The standard InChI is InChI=1S/C49H48N4O/c1-47(2,3)34-27-32(26-33(28-34)40-22-17-25-43(50-10)51-40)37-21-16-24-42-44(37)52-46(38-29-35(48(4,5)6)30-39(45(38)54)49(7,8)9)53(42)41-23-15-14-20-36(41)31-18-12-11-13-19-31/h11-30,54H,1-9H3/i1D3,2D3,3D3. The summed E-state index contributed by atoms with van der Waals surface area (Å²) in [4.78, 5) is 13.3. The summed E-state index contributed by atoms with van der Waals surface area (Å²) >= 11 is 0. The van der Waals surface area contributed by atoms with E-state index in [9.17, 15) is 5.11 Å². The first-order valence-corrected chi connectivity index (χ1v) is 17.8. The van der Waals surface area contributed by atoms with Crippen molar-refractivity contribution in [3.63, 3.8) is 0 Å². The molecule has 0 aliphatic rings. The molecule has 2 heterocycles. The Bertz CT molecular complexity index is 2870. The van der Waals surface area contributed by atoms with Crippen LogP contribution in [-0.2, 0) is 16.2 Å². The van der Waals surface area contributed by atoms with Gasteiger partial charge >= 0.3 is 0 Å². The molecule has 0 fully saturated rings. The summed E-state index contributed by atoms with van der Waals surface area (Å²) in [5, 5.41) is 12.4. The molecule has 0 saturated carbocycles. The van der Waals surface area contributed by atoms with Crippen LogP contribution in [0.3, 0.4) is 0 Å². The van der Waals surface area contributed by atoms with Crippen molar-refractivity contribution in [1.29, 1.82) is 0 Å². The van der Waals surface area contributed by atoms with Crippen molar-refractivity contribution in [1.82, 2.24) is 14.5 Å². The minimum Gasteiger partial charge on any atom is -0.507 e. The van der Waals surface area contributed by atoms with Crippen molar-refractivity contribution in [2.24, 2.45) is 0 Å². The minimum absolute atomic E-state index is 0.0302. The maximum Gasteiger partial charge on any atom is 0.270 e. The molecule has 0 aliphatic carbocycles. The maximum absolute atomic E-state index is 12.4. The van der Waals surface area contributed by atoms with Crippen LogP contribution in [0.15, 0.2) is 121 Å². The van der Waals surface area contributed by atoms with Gasteiger partial charge in [-0.05, 0) is 81.0 Å². The number of imidazole rings is 1. The lowest BCUT2D eigenvalue weighted by Crippen LogP contribution is -2.17. The fourth-order valence-electron chi connectivity index (χ4n) is 6.89. The fourth-order valence-corrected chi connectivity index (χ4v) is 6.89. The van der Waals surface area contributed by atoms with Gasteiger partial charge < -0.3 is 9.95 Å². The molecule has 5 nitrogen and oxygen atoms in total. The molecule has 0 saturated heterocycles. The number of benzene rings is 5. The molecule has 0 atom stereocenters. The first-order chi connectivity index (χ1) is 29.3. The number of aromatic hydroxyl groups is 1. The van der Waals surface area contributed by atoms with E-state index in [1.807, 2.05) is 98.1 Å². The topological polar surface area (TPSA) is 55.3 Å². The Hall–Kier alpha value is -5.99. The van der Waals surface area contributed by atoms with Crippen molar-refractivity contribution in [3.05, 3.63) is 149 Å². The molecular weight excluding hydrogens is 661 g/mol. The summed E-state index contributed by atoms with van der Waals surface area (Å²) in [7, 11) is 0. The largest absolute Gasteiger partial charge is 0.507 e. The Kier molecular flexibility index (Phi) is 6.66. The summed E-state index contributed by atoms with van der Waals surface area (Å²) in [6.45, 7) is 9.39. The van der Waals surface area contributed by atoms with Crippen molar-refractivity contribution < 1.29 is 17.4 Å². The molecule has 5 heteroatoms. The number of nitrogens with zero attached hydrogens (tertiary/aromatic N) is 4. The van der Waals surface area contributed by atoms with Crippen molar-refractivity contribution in [2.75, 3.05) is 0 Å². The average Bonchev–Trinajstić information content (AvgIpc) is 3.58. The number of pyridine rings is 1. The van der Waals surface area contributed by atoms with E-state index in [2.05, 4.69) is 30.6 Å². The third-order valence-corrected chi connectivity index (χ3v) is 9.76. The third kappa shape index (κ3) is 6.81. The molecule has 7 rings (SSSR count). The predicted octanol–water partition coefficient (Wildman–Crippen LogP) is 13.2. The van der Waals surface area contributed by atoms with Gasteiger partial charge in [0, 0.05) is 34.6 Å². The van der Waals surface area contributed by atoms with Gasteiger partial charge in [0.2, 0.25) is 0 Å². The Morgan fingerprint density at radius 2 is 1.28 bits per heavy atom. The molecule has 0 bridgehead atoms. The highest BCUT2D eigenvalue weighted by molar-refractivity contribution is 5.97. The van der Waals surface area contributed by atoms with E-state index in [-0.39, 0.29) is 33.8 Å². The Morgan fingerprint density at radius 3 is 1.98 bits per heavy atom. The van der Waals surface area contributed by atoms with E-state index in [1.165, 1.54) is 18.2 Å². The van der Waals surface area contributed by atoms with Gasteiger partial charge in [-0.25, -0.2) is 4.98 Å². The number of phenols is 1. The van der Waals surface area contributed by atoms with E-state index < -0.39 is 36.9 Å². The molecule has 0 radical (unpaired) electrons. The lowest BCUT2D eigenvalue weighted by molar-refractivity contribution is 0.446. The van der Waals surface area contributed by atoms with Crippen LogP contribution in [0, 0.1) is 6.57 Å². The highest BCUT2D eigenvalue weighted by atomic mass is 16.3. The molecule has 0 unspecified atom stereocenters. The normalized spacial score (nSPS) is 15.4. The van der Waals surface area contributed by atoms with Crippen LogP contribution in [0.1, 0.15) is 91.1 Å². The van der Waals surface area contributed by atoms with E-state index >= 15 is 0 Å². The van der Waals surface area contributed by atoms with Gasteiger partial charge in [-0.15, -0.1) is 4.98 Å². The van der Waals surface area contributed by atoms with Gasteiger partial charge in [0.15, 0.2) is 5.69 Å². The van der Waals surface area contributed by atoms with Crippen LogP contribution < -0.4 is 0 Å². The molecule has 54 heavy (non-hydrogen) atoms. The van der Waals surface area contributed by atoms with Gasteiger partial charge in [-0.3, -0.25) is 4.57 Å². The van der Waals surface area contributed by atoms with Gasteiger partial charge in [-0.2, -0.15) is 0 Å². The zero-order valence-corrected chi connectivity index (χ0v) is 31.3. The molecular formula is C49H48N4O. The number of para-hydroxylation sites is 2. The Labute approximate surface area is 332 Å². The average molecular weight is 718 g/mol. The van der Waals surface area contributed by atoms with Crippen LogP contribution in [0.25, 0.3) is 66.5 Å². The number of rotatable bonds is 5. The molecule has 0 amide bonds. The summed E-state index contributed by atoms with van der Waals surface area (Å²) < 4.78 is 79.4. The summed E-state index contributed by atoms with van der Waals surface area (Å²) in [6, 6.07) is 36.1. The molecule has 270 valence electrons. The maximum atomic E-state index is 12.4. The van der Waals surface area contributed by atoms with E-state index in [1.54, 1.807) is 30.3 Å². The van der Waals surface area contributed by atoms with Gasteiger partial charge in [0.05, 0.1) is 22.3 Å². The van der Waals surface area contributed by atoms with Crippen molar-refractivity contribution >= 4 is 16.9 Å². The minimum atomic E-state index is -3.55. The summed E-state index contributed by atoms with van der Waals surface area (Å²) in [5.74, 6) is 0.487. The first kappa shape index (κ1) is 26.7. The van der Waals surface area contributed by atoms with Crippen molar-refractivity contribution in [2.45, 2.75) is 78.3 Å². The second kappa shape index (κ2) is 13.5. The van der Waals surface area contributed by atoms with Crippen LogP contribution in [0.5, 0.6) is 5.75 Å². The third-order valence-electron chi connectivity index (χ3n) is 9.76. The molecule has 0 aliphatic heterocycles. The zero-order valence-electron chi connectivity index (χ0n) is 40.3. The summed E-state index contributed by atoms with van der Waals surface area (Å²) in [5.41, 5.74) is 2.19. The molecule has 0 spiro atoms. The number of fused-ring (bicyclic) bond motifs is 1. The number of hydrogen-bond donors (Lipinski definition) is 1. The van der Waals surface area contributed by atoms with Gasteiger partial charge in [-0.1, -0.05) is 148 Å². The second-order valence-electron chi connectivity index (χ2n) is 15.8. The Balaban J connectivity index is 1.67. The van der Waals surface area contributed by atoms with Crippen LogP contribution in [0.4, 0.5) is 5.82 Å². The predicted molar refractivity (Wildman–Crippen MR) is 225 cm³/mol. The highest BCUT2D eigenvalue weighted by Crippen LogP contribution is 2.45. The van der Waals surface area contributed by atoms with E-state index in [0.717, 1.165) is 27.9 Å². The number of phenolic OH excluding ortho intramolecular Hbond substituents is 1. The first-order valence-electron chi connectivity index (χ1n) is 22.3. The number of hydrogen-bond acceptors (Lipinski definition) is 3. The lowest BCUT2D eigenvalue weighted by Gasteiger charge is -2.27. The Morgan fingerprint density at radius 1 is 0.611 bits per heavy atom. The number of aromatic nitrogens is 3. The van der Waals surface area contributed by atoms with Crippen LogP contribution in [-0.4, -0.2) is 19.6 Å². The molecule has 7 aromatic rings. The lowest BCUT2D eigenvalue weighted by atomic mass is 9.79. The SMILES string of the molecule is [2H]C([2H])([2H])C(c1cc(-c2cccc([N+]#[C-])n2)cc(-c2cccc3c2nc(-c2cc(C(C)(C)C)cc(C(C)(C)C)c2O)n3-c2ccccc2-c2ccccc2)c1)(C([2H])([2H])[2H])C([2H])([2H])[2H]. The van der Waals surface area contributed by atoms with Crippen LogP contribution in [0.2, 0.25) is 0 Å². The molecule has 1 N–H and O–H groups in total.